The Morgan fingerprint density at radius 2 is 2.10 bits per heavy atom. The Bertz CT molecular complexity index is 583. The van der Waals surface area contributed by atoms with Crippen LogP contribution in [0.1, 0.15) is 12.0 Å². The van der Waals surface area contributed by atoms with Gasteiger partial charge in [0.15, 0.2) is 0 Å². The molecular formula is C13H13ClF2N2O3. The summed E-state index contributed by atoms with van der Waals surface area (Å²) >= 11 is 5.43. The van der Waals surface area contributed by atoms with E-state index in [-0.39, 0.29) is 23.7 Å². The van der Waals surface area contributed by atoms with Crippen LogP contribution in [0.5, 0.6) is 0 Å². The molecule has 21 heavy (non-hydrogen) atoms. The Labute approximate surface area is 124 Å². The van der Waals surface area contributed by atoms with Gasteiger partial charge in [-0.3, -0.25) is 4.79 Å². The molecule has 2 amide bonds. The summed E-state index contributed by atoms with van der Waals surface area (Å²) in [6.45, 7) is 0.228. The van der Waals surface area contributed by atoms with Crippen LogP contribution in [0, 0.1) is 17.6 Å². The highest BCUT2D eigenvalue weighted by atomic mass is 35.5. The maximum Gasteiger partial charge on any atom is 0.317 e. The number of carboxylic acids is 1. The van der Waals surface area contributed by atoms with Gasteiger partial charge in [0.2, 0.25) is 0 Å². The third-order valence-corrected chi connectivity index (χ3v) is 3.63. The molecule has 114 valence electrons. The third-order valence-electron chi connectivity index (χ3n) is 3.34. The lowest BCUT2D eigenvalue weighted by molar-refractivity contribution is -0.141. The monoisotopic (exact) mass is 318 g/mol. The van der Waals surface area contributed by atoms with Crippen molar-refractivity contribution < 1.29 is 23.5 Å². The first kappa shape index (κ1) is 15.5. The van der Waals surface area contributed by atoms with E-state index in [1.54, 1.807) is 0 Å². The summed E-state index contributed by atoms with van der Waals surface area (Å²) in [4.78, 5) is 24.0. The Morgan fingerprint density at radius 3 is 2.71 bits per heavy atom. The van der Waals surface area contributed by atoms with E-state index in [9.17, 15) is 18.4 Å². The Morgan fingerprint density at radius 1 is 1.38 bits per heavy atom. The number of rotatable bonds is 3. The van der Waals surface area contributed by atoms with Gasteiger partial charge in [-0.05, 0) is 18.6 Å². The van der Waals surface area contributed by atoms with Gasteiger partial charge in [0.05, 0.1) is 10.9 Å². The average Bonchev–Trinajstić information content (AvgIpc) is 2.91. The van der Waals surface area contributed by atoms with Gasteiger partial charge < -0.3 is 15.3 Å². The van der Waals surface area contributed by atoms with Crippen LogP contribution < -0.4 is 5.32 Å². The summed E-state index contributed by atoms with van der Waals surface area (Å²) < 4.78 is 26.8. The molecule has 1 aliphatic rings. The Hall–Kier alpha value is -1.89. The van der Waals surface area contributed by atoms with Gasteiger partial charge in [0, 0.05) is 25.2 Å². The SMILES string of the molecule is O=C(O)C1CCN(C(=O)NCc2cc(F)c(Cl)cc2F)C1. The maximum absolute atomic E-state index is 13.5. The topological polar surface area (TPSA) is 69.6 Å². The number of benzene rings is 1. The molecule has 1 atom stereocenters. The van der Waals surface area contributed by atoms with Crippen molar-refractivity contribution in [2.45, 2.75) is 13.0 Å². The van der Waals surface area contributed by atoms with Crippen molar-refractivity contribution in [1.82, 2.24) is 10.2 Å². The molecule has 0 aromatic heterocycles. The molecule has 1 aromatic carbocycles. The third kappa shape index (κ3) is 3.60. The van der Waals surface area contributed by atoms with Crippen LogP contribution in [0.2, 0.25) is 5.02 Å². The van der Waals surface area contributed by atoms with E-state index in [0.29, 0.717) is 13.0 Å². The van der Waals surface area contributed by atoms with Crippen LogP contribution in [-0.2, 0) is 11.3 Å². The highest BCUT2D eigenvalue weighted by molar-refractivity contribution is 6.30. The smallest absolute Gasteiger partial charge is 0.317 e. The van der Waals surface area contributed by atoms with E-state index >= 15 is 0 Å². The molecule has 0 radical (unpaired) electrons. The van der Waals surface area contributed by atoms with Crippen LogP contribution in [0.4, 0.5) is 13.6 Å². The van der Waals surface area contributed by atoms with Gasteiger partial charge in [0.25, 0.3) is 0 Å². The number of hydrogen-bond acceptors (Lipinski definition) is 2. The van der Waals surface area contributed by atoms with Crippen molar-refractivity contribution in [3.05, 3.63) is 34.4 Å². The number of aliphatic carboxylic acids is 1. The minimum atomic E-state index is -0.948. The first-order valence-corrected chi connectivity index (χ1v) is 6.65. The Balaban J connectivity index is 1.93. The number of hydrogen-bond donors (Lipinski definition) is 2. The standard InChI is InChI=1S/C13H13ClF2N2O3/c14-9-4-10(15)8(3-11(9)16)5-17-13(21)18-2-1-7(6-18)12(19)20/h3-4,7H,1-2,5-6H2,(H,17,21)(H,19,20). The van der Waals surface area contributed by atoms with Crippen LogP contribution >= 0.6 is 11.6 Å². The van der Waals surface area contributed by atoms with Gasteiger partial charge in [-0.2, -0.15) is 0 Å². The Kier molecular flexibility index (Phi) is 4.62. The molecule has 1 heterocycles. The van der Waals surface area contributed by atoms with Crippen LogP contribution in [0.3, 0.4) is 0 Å². The van der Waals surface area contributed by atoms with Gasteiger partial charge in [0.1, 0.15) is 11.6 Å². The van der Waals surface area contributed by atoms with E-state index < -0.39 is 29.6 Å². The second kappa shape index (κ2) is 6.26. The van der Waals surface area contributed by atoms with Gasteiger partial charge >= 0.3 is 12.0 Å². The summed E-state index contributed by atoms with van der Waals surface area (Å²) in [5.74, 6) is -3.02. The zero-order valence-corrected chi connectivity index (χ0v) is 11.7. The van der Waals surface area contributed by atoms with Crippen molar-refractivity contribution in [3.8, 4) is 0 Å². The summed E-state index contributed by atoms with van der Waals surface area (Å²) in [5, 5.41) is 11.0. The molecule has 0 spiro atoms. The van der Waals surface area contributed by atoms with Crippen LogP contribution in [-0.4, -0.2) is 35.1 Å². The fourth-order valence-corrected chi connectivity index (χ4v) is 2.28. The average molecular weight is 319 g/mol. The number of carbonyl (C=O) groups excluding carboxylic acids is 1. The highest BCUT2D eigenvalue weighted by Crippen LogP contribution is 2.20. The van der Waals surface area contributed by atoms with Crippen molar-refractivity contribution in [3.63, 3.8) is 0 Å². The first-order valence-electron chi connectivity index (χ1n) is 6.27. The molecule has 2 rings (SSSR count). The molecule has 0 bridgehead atoms. The zero-order valence-electron chi connectivity index (χ0n) is 10.9. The number of carbonyl (C=O) groups is 2. The first-order chi connectivity index (χ1) is 9.88. The minimum absolute atomic E-state index is 0.0285. The van der Waals surface area contributed by atoms with Crippen molar-refractivity contribution in [1.29, 1.82) is 0 Å². The van der Waals surface area contributed by atoms with Gasteiger partial charge in [-0.15, -0.1) is 0 Å². The highest BCUT2D eigenvalue weighted by Gasteiger charge is 2.30. The summed E-state index contributed by atoms with van der Waals surface area (Å²) in [6.07, 6.45) is 0.382. The normalized spacial score (nSPS) is 17.9. The fraction of sp³-hybridized carbons (Fsp3) is 0.385. The molecule has 1 aromatic rings. The number of nitrogens with zero attached hydrogens (tertiary/aromatic N) is 1. The molecule has 1 unspecified atom stereocenters. The number of nitrogens with one attached hydrogen (secondary N) is 1. The van der Waals surface area contributed by atoms with E-state index in [1.165, 1.54) is 4.90 Å². The van der Waals surface area contributed by atoms with Gasteiger partial charge in [-0.25, -0.2) is 13.6 Å². The molecule has 0 aliphatic carbocycles. The number of urea groups is 1. The number of amides is 2. The van der Waals surface area contributed by atoms with Crippen molar-refractivity contribution in [2.24, 2.45) is 5.92 Å². The predicted molar refractivity (Wildman–Crippen MR) is 70.9 cm³/mol. The lowest BCUT2D eigenvalue weighted by Crippen LogP contribution is -2.38. The maximum atomic E-state index is 13.5. The van der Waals surface area contributed by atoms with Crippen molar-refractivity contribution in [2.75, 3.05) is 13.1 Å². The quantitative estimate of drug-likeness (QED) is 0.840. The molecule has 1 saturated heterocycles. The molecular weight excluding hydrogens is 306 g/mol. The second-order valence-corrected chi connectivity index (χ2v) is 5.19. The van der Waals surface area contributed by atoms with E-state index in [1.807, 2.05) is 0 Å². The lowest BCUT2D eigenvalue weighted by Gasteiger charge is -2.17. The molecule has 1 aliphatic heterocycles. The van der Waals surface area contributed by atoms with Crippen molar-refractivity contribution >= 4 is 23.6 Å². The van der Waals surface area contributed by atoms with Crippen LogP contribution in [0.25, 0.3) is 0 Å². The second-order valence-electron chi connectivity index (χ2n) is 4.79. The molecule has 1 fully saturated rings. The molecule has 8 heteroatoms. The van der Waals surface area contributed by atoms with E-state index in [4.69, 9.17) is 16.7 Å². The number of carboxylic acid groups (broad SMARTS) is 1. The lowest BCUT2D eigenvalue weighted by atomic mass is 10.1. The van der Waals surface area contributed by atoms with Gasteiger partial charge in [-0.1, -0.05) is 11.6 Å². The minimum Gasteiger partial charge on any atom is -0.481 e. The predicted octanol–water partition coefficient (Wildman–Crippen LogP) is 2.23. The van der Waals surface area contributed by atoms with E-state index in [0.717, 1.165) is 12.1 Å². The molecule has 5 nitrogen and oxygen atoms in total. The number of halogens is 3. The zero-order chi connectivity index (χ0) is 15.6. The summed E-state index contributed by atoms with van der Waals surface area (Å²) in [6, 6.07) is 1.25. The molecule has 0 saturated carbocycles. The molecule has 2 N–H and O–H groups in total. The fourth-order valence-electron chi connectivity index (χ4n) is 2.13. The summed E-state index contributed by atoms with van der Waals surface area (Å²) in [7, 11) is 0. The largest absolute Gasteiger partial charge is 0.481 e. The summed E-state index contributed by atoms with van der Waals surface area (Å²) in [5.41, 5.74) is -0.0285. The van der Waals surface area contributed by atoms with E-state index in [2.05, 4.69) is 5.32 Å². The number of likely N-dealkylation sites (tertiary alicyclic amines) is 1. The van der Waals surface area contributed by atoms with Crippen LogP contribution in [0.15, 0.2) is 12.1 Å².